The molecule has 2 unspecified atom stereocenters. The number of carbonyl (C=O) groups excluding carboxylic acids is 1. The van der Waals surface area contributed by atoms with E-state index in [2.05, 4.69) is 22.6 Å². The van der Waals surface area contributed by atoms with E-state index in [1.54, 1.807) is 7.11 Å². The fraction of sp³-hybridized carbons (Fsp3) is 0.857. The zero-order valence-corrected chi connectivity index (χ0v) is 8.54. The van der Waals surface area contributed by atoms with Crippen LogP contribution in [-0.2, 0) is 14.3 Å². The van der Waals surface area contributed by atoms with E-state index < -0.39 is 0 Å². The van der Waals surface area contributed by atoms with Crippen molar-refractivity contribution in [1.29, 1.82) is 0 Å². The highest BCUT2D eigenvalue weighted by Gasteiger charge is 2.33. The number of ether oxygens (including phenoxy) is 2. The normalized spacial score (nSPS) is 30.5. The molecule has 1 fully saturated rings. The molecule has 0 radical (unpaired) electrons. The molecule has 0 aromatic heterocycles. The third-order valence-corrected chi connectivity index (χ3v) is 2.69. The molecule has 0 aromatic rings. The van der Waals surface area contributed by atoms with Crippen molar-refractivity contribution in [1.82, 2.24) is 0 Å². The van der Waals surface area contributed by atoms with E-state index in [4.69, 9.17) is 9.47 Å². The van der Waals surface area contributed by atoms with Gasteiger partial charge in [0.2, 0.25) is 0 Å². The van der Waals surface area contributed by atoms with Crippen LogP contribution in [0.3, 0.4) is 0 Å². The van der Waals surface area contributed by atoms with Gasteiger partial charge in [0.15, 0.2) is 0 Å². The zero-order valence-electron chi connectivity index (χ0n) is 6.38. The number of hydrogen-bond acceptors (Lipinski definition) is 3. The van der Waals surface area contributed by atoms with Crippen molar-refractivity contribution >= 4 is 28.6 Å². The molecule has 0 aliphatic carbocycles. The molecule has 11 heavy (non-hydrogen) atoms. The number of carbonyl (C=O) groups is 1. The molecule has 1 aliphatic rings. The standard InChI is InChI=1S/C7H11IO3/c1-10-4-5-2-6(3-8)11-7(5)9/h5-6H,2-4H2,1H3. The molecule has 64 valence electrons. The summed E-state index contributed by atoms with van der Waals surface area (Å²) in [6, 6.07) is 0. The highest BCUT2D eigenvalue weighted by atomic mass is 127. The summed E-state index contributed by atoms with van der Waals surface area (Å²) in [6.45, 7) is 0.492. The highest BCUT2D eigenvalue weighted by Crippen LogP contribution is 2.22. The fourth-order valence-electron chi connectivity index (χ4n) is 1.15. The Kier molecular flexibility index (Phi) is 3.58. The van der Waals surface area contributed by atoms with Gasteiger partial charge in [0.25, 0.3) is 0 Å². The SMILES string of the molecule is COCC1CC(CI)OC1=O. The molecule has 1 rings (SSSR count). The van der Waals surface area contributed by atoms with Gasteiger partial charge in [-0.2, -0.15) is 0 Å². The van der Waals surface area contributed by atoms with Gasteiger partial charge in [0.1, 0.15) is 6.10 Å². The molecule has 0 aromatic carbocycles. The van der Waals surface area contributed by atoms with Gasteiger partial charge in [-0.3, -0.25) is 4.79 Å². The molecule has 2 atom stereocenters. The first kappa shape index (κ1) is 9.25. The first-order chi connectivity index (χ1) is 5.27. The summed E-state index contributed by atoms with van der Waals surface area (Å²) in [7, 11) is 1.60. The predicted octanol–water partition coefficient (Wildman–Crippen LogP) is 1.000. The summed E-state index contributed by atoms with van der Waals surface area (Å²) in [5.74, 6) is -0.131. The smallest absolute Gasteiger partial charge is 0.311 e. The Hall–Kier alpha value is 0.160. The van der Waals surface area contributed by atoms with Crippen LogP contribution >= 0.6 is 22.6 Å². The van der Waals surface area contributed by atoms with Crippen LogP contribution in [0.5, 0.6) is 0 Å². The molecule has 0 amide bonds. The average molecular weight is 270 g/mol. The van der Waals surface area contributed by atoms with Crippen molar-refractivity contribution in [2.45, 2.75) is 12.5 Å². The molecule has 0 N–H and O–H groups in total. The lowest BCUT2D eigenvalue weighted by atomic mass is 10.1. The summed E-state index contributed by atoms with van der Waals surface area (Å²) in [6.07, 6.45) is 0.929. The molecular formula is C7H11IO3. The zero-order chi connectivity index (χ0) is 8.27. The van der Waals surface area contributed by atoms with Crippen LogP contribution in [0.1, 0.15) is 6.42 Å². The lowest BCUT2D eigenvalue weighted by Gasteiger charge is -2.01. The van der Waals surface area contributed by atoms with Gasteiger partial charge in [-0.05, 0) is 0 Å². The molecule has 4 heteroatoms. The number of halogens is 1. The second-order valence-electron chi connectivity index (χ2n) is 2.60. The topological polar surface area (TPSA) is 35.5 Å². The average Bonchev–Trinajstić information content (AvgIpc) is 2.33. The lowest BCUT2D eigenvalue weighted by molar-refractivity contribution is -0.144. The highest BCUT2D eigenvalue weighted by molar-refractivity contribution is 14.1. The Labute approximate surface area is 79.6 Å². The Morgan fingerprint density at radius 3 is 3.00 bits per heavy atom. The Bertz CT molecular complexity index is 149. The second kappa shape index (κ2) is 4.25. The quantitative estimate of drug-likeness (QED) is 0.436. The van der Waals surface area contributed by atoms with Crippen LogP contribution in [0.4, 0.5) is 0 Å². The minimum atomic E-state index is -0.103. The molecule has 0 bridgehead atoms. The van der Waals surface area contributed by atoms with Crippen molar-refractivity contribution in [2.24, 2.45) is 5.92 Å². The Balaban J connectivity index is 2.38. The van der Waals surface area contributed by atoms with Crippen molar-refractivity contribution in [3.05, 3.63) is 0 Å². The number of esters is 1. The van der Waals surface area contributed by atoms with E-state index in [-0.39, 0.29) is 18.0 Å². The fourth-order valence-corrected chi connectivity index (χ4v) is 1.69. The number of hydrogen-bond donors (Lipinski definition) is 0. The van der Waals surface area contributed by atoms with Gasteiger partial charge in [-0.25, -0.2) is 0 Å². The van der Waals surface area contributed by atoms with E-state index in [1.165, 1.54) is 0 Å². The van der Waals surface area contributed by atoms with Crippen molar-refractivity contribution in [3.8, 4) is 0 Å². The van der Waals surface area contributed by atoms with E-state index in [0.717, 1.165) is 10.8 Å². The molecule has 1 aliphatic heterocycles. The van der Waals surface area contributed by atoms with E-state index in [1.807, 2.05) is 0 Å². The maximum absolute atomic E-state index is 11.0. The van der Waals surface area contributed by atoms with Gasteiger partial charge in [0, 0.05) is 18.0 Å². The lowest BCUT2D eigenvalue weighted by Crippen LogP contribution is -2.13. The Morgan fingerprint density at radius 2 is 2.55 bits per heavy atom. The number of methoxy groups -OCH3 is 1. The third kappa shape index (κ3) is 2.30. The largest absolute Gasteiger partial charge is 0.461 e. The van der Waals surface area contributed by atoms with E-state index in [9.17, 15) is 4.79 Å². The van der Waals surface area contributed by atoms with Crippen LogP contribution in [-0.4, -0.2) is 30.2 Å². The molecule has 0 saturated carbocycles. The van der Waals surface area contributed by atoms with Crippen molar-refractivity contribution in [2.75, 3.05) is 18.1 Å². The summed E-state index contributed by atoms with van der Waals surface area (Å²) >= 11 is 2.22. The summed E-state index contributed by atoms with van der Waals surface area (Å²) in [4.78, 5) is 11.0. The minimum Gasteiger partial charge on any atom is -0.461 e. The summed E-state index contributed by atoms with van der Waals surface area (Å²) < 4.78 is 10.8. The van der Waals surface area contributed by atoms with E-state index >= 15 is 0 Å². The van der Waals surface area contributed by atoms with Crippen LogP contribution < -0.4 is 0 Å². The first-order valence-corrected chi connectivity index (χ1v) is 5.06. The van der Waals surface area contributed by atoms with Gasteiger partial charge < -0.3 is 9.47 Å². The molecule has 1 saturated heterocycles. The monoisotopic (exact) mass is 270 g/mol. The first-order valence-electron chi connectivity index (χ1n) is 3.53. The molecular weight excluding hydrogens is 259 g/mol. The van der Waals surface area contributed by atoms with Gasteiger partial charge in [0.05, 0.1) is 12.5 Å². The van der Waals surface area contributed by atoms with E-state index in [0.29, 0.717) is 6.61 Å². The van der Waals surface area contributed by atoms with Gasteiger partial charge >= 0.3 is 5.97 Å². The maximum Gasteiger partial charge on any atom is 0.311 e. The summed E-state index contributed by atoms with van der Waals surface area (Å²) in [5, 5.41) is 0. The van der Waals surface area contributed by atoms with Crippen LogP contribution in [0, 0.1) is 5.92 Å². The number of rotatable bonds is 3. The number of alkyl halides is 1. The van der Waals surface area contributed by atoms with Gasteiger partial charge in [-0.15, -0.1) is 0 Å². The second-order valence-corrected chi connectivity index (χ2v) is 3.48. The predicted molar refractivity (Wildman–Crippen MR) is 48.8 cm³/mol. The van der Waals surface area contributed by atoms with Crippen molar-refractivity contribution in [3.63, 3.8) is 0 Å². The van der Waals surface area contributed by atoms with Crippen molar-refractivity contribution < 1.29 is 14.3 Å². The van der Waals surface area contributed by atoms with Crippen LogP contribution in [0.15, 0.2) is 0 Å². The maximum atomic E-state index is 11.0. The Morgan fingerprint density at radius 1 is 1.82 bits per heavy atom. The summed E-state index contributed by atoms with van der Waals surface area (Å²) in [5.41, 5.74) is 0. The third-order valence-electron chi connectivity index (χ3n) is 1.70. The number of cyclic esters (lactones) is 1. The van der Waals surface area contributed by atoms with Gasteiger partial charge in [-0.1, -0.05) is 22.6 Å². The molecule has 0 spiro atoms. The molecule has 3 nitrogen and oxygen atoms in total. The van der Waals surface area contributed by atoms with Crippen LogP contribution in [0.2, 0.25) is 0 Å². The molecule has 1 heterocycles. The van der Waals surface area contributed by atoms with Crippen LogP contribution in [0.25, 0.3) is 0 Å². The minimum absolute atomic E-state index is 0.0280.